The third-order valence-electron chi connectivity index (χ3n) is 3.69. The highest BCUT2D eigenvalue weighted by Gasteiger charge is 2.37. The van der Waals surface area contributed by atoms with Gasteiger partial charge in [-0.2, -0.15) is 0 Å². The van der Waals surface area contributed by atoms with Gasteiger partial charge in [0.25, 0.3) is 5.91 Å². The number of amides is 1. The van der Waals surface area contributed by atoms with Crippen LogP contribution in [0.2, 0.25) is 0 Å². The number of hydrogen-bond donors (Lipinski definition) is 0. The first kappa shape index (κ1) is 15.7. The van der Waals surface area contributed by atoms with E-state index in [-0.39, 0.29) is 5.91 Å². The normalized spacial score (nSPS) is 17.0. The van der Waals surface area contributed by atoms with E-state index in [0.29, 0.717) is 16.8 Å². The van der Waals surface area contributed by atoms with E-state index in [1.54, 1.807) is 23.3 Å². The van der Waals surface area contributed by atoms with Gasteiger partial charge < -0.3 is 9.80 Å². The lowest BCUT2D eigenvalue weighted by Crippen LogP contribution is -2.22. The van der Waals surface area contributed by atoms with Crippen molar-refractivity contribution >= 4 is 46.3 Å². The van der Waals surface area contributed by atoms with Gasteiger partial charge in [0.2, 0.25) is 0 Å². The first-order valence-electron chi connectivity index (χ1n) is 7.03. The summed E-state index contributed by atoms with van der Waals surface area (Å²) in [5.74, 6) is -0.146. The van der Waals surface area contributed by atoms with E-state index in [9.17, 15) is 9.59 Å². The van der Waals surface area contributed by atoms with Crippen LogP contribution in [-0.2, 0) is 9.59 Å². The molecule has 1 aliphatic heterocycles. The van der Waals surface area contributed by atoms with Crippen LogP contribution in [0.4, 0.5) is 0 Å². The van der Waals surface area contributed by atoms with Crippen LogP contribution >= 0.6 is 22.7 Å². The number of hydrogen-bond acceptors (Lipinski definition) is 5. The zero-order chi connectivity index (χ0) is 16.6. The molecular weight excluding hydrogens is 328 g/mol. The average molecular weight is 344 g/mol. The summed E-state index contributed by atoms with van der Waals surface area (Å²) in [6.45, 7) is 0. The molecule has 0 saturated heterocycles. The van der Waals surface area contributed by atoms with Crippen molar-refractivity contribution in [3.63, 3.8) is 0 Å². The summed E-state index contributed by atoms with van der Waals surface area (Å²) in [5.41, 5.74) is 2.40. The molecule has 0 unspecified atom stereocenters. The average Bonchev–Trinajstić information content (AvgIpc) is 3.24. The Labute approximate surface area is 143 Å². The molecule has 0 radical (unpaired) electrons. The minimum atomic E-state index is -0.146. The molecule has 0 aromatic carbocycles. The van der Waals surface area contributed by atoms with Crippen molar-refractivity contribution < 1.29 is 9.59 Å². The van der Waals surface area contributed by atoms with Crippen LogP contribution in [0.15, 0.2) is 46.2 Å². The maximum atomic E-state index is 12.9. The highest BCUT2D eigenvalue weighted by molar-refractivity contribution is 7.11. The van der Waals surface area contributed by atoms with E-state index in [1.807, 2.05) is 54.0 Å². The summed E-state index contributed by atoms with van der Waals surface area (Å²) >= 11 is 3.07. The summed E-state index contributed by atoms with van der Waals surface area (Å²) in [6, 6.07) is 7.75. The standard InChI is InChI=1S/C17H16N2O2S2/c1-18(2)16(13-7-5-9-23-13)14-11(10-20)15(19(3)17(14)21)12-6-4-8-22-12/h4-10H,1-3H3/b16-14+. The van der Waals surface area contributed by atoms with E-state index in [4.69, 9.17) is 0 Å². The summed E-state index contributed by atoms with van der Waals surface area (Å²) in [6.07, 6.45) is 0.795. The third kappa shape index (κ3) is 2.54. The number of rotatable bonds is 4. The summed E-state index contributed by atoms with van der Waals surface area (Å²) < 4.78 is 0. The molecule has 2 aromatic rings. The van der Waals surface area contributed by atoms with Crippen molar-refractivity contribution in [1.29, 1.82) is 0 Å². The van der Waals surface area contributed by atoms with E-state index < -0.39 is 0 Å². The predicted molar refractivity (Wildman–Crippen MR) is 95.0 cm³/mol. The first-order chi connectivity index (χ1) is 11.1. The minimum absolute atomic E-state index is 0.146. The van der Waals surface area contributed by atoms with Gasteiger partial charge in [-0.15, -0.1) is 22.7 Å². The molecule has 2 aromatic heterocycles. The van der Waals surface area contributed by atoms with Crippen LogP contribution in [0.3, 0.4) is 0 Å². The van der Waals surface area contributed by atoms with Crippen LogP contribution in [-0.4, -0.2) is 43.1 Å². The maximum Gasteiger partial charge on any atom is 0.261 e. The number of likely N-dealkylation sites (N-methyl/N-ethyl adjacent to an activating group) is 1. The summed E-state index contributed by atoms with van der Waals surface area (Å²) in [4.78, 5) is 30.1. The molecular formula is C17H16N2O2S2. The monoisotopic (exact) mass is 344 g/mol. The molecule has 3 heterocycles. The zero-order valence-electron chi connectivity index (χ0n) is 13.1. The topological polar surface area (TPSA) is 40.6 Å². The second-order valence-electron chi connectivity index (χ2n) is 5.32. The van der Waals surface area contributed by atoms with Crippen molar-refractivity contribution in [2.45, 2.75) is 0 Å². The molecule has 0 atom stereocenters. The van der Waals surface area contributed by atoms with Crippen molar-refractivity contribution in [1.82, 2.24) is 9.80 Å². The van der Waals surface area contributed by atoms with Gasteiger partial charge in [0.15, 0.2) is 6.29 Å². The lowest BCUT2D eigenvalue weighted by Gasteiger charge is -2.19. The lowest BCUT2D eigenvalue weighted by atomic mass is 10.0. The maximum absolute atomic E-state index is 12.9. The number of carbonyl (C=O) groups is 2. The molecule has 4 nitrogen and oxygen atoms in total. The fourth-order valence-corrected chi connectivity index (χ4v) is 4.40. The van der Waals surface area contributed by atoms with Crippen LogP contribution in [0, 0.1) is 0 Å². The Bertz CT molecular complexity index is 800. The molecule has 6 heteroatoms. The van der Waals surface area contributed by atoms with Gasteiger partial charge in [0.1, 0.15) is 0 Å². The van der Waals surface area contributed by atoms with Gasteiger partial charge in [0, 0.05) is 21.1 Å². The Morgan fingerprint density at radius 1 is 1.17 bits per heavy atom. The highest BCUT2D eigenvalue weighted by atomic mass is 32.1. The van der Waals surface area contributed by atoms with Gasteiger partial charge >= 0.3 is 0 Å². The van der Waals surface area contributed by atoms with Gasteiger partial charge in [-0.25, -0.2) is 0 Å². The Morgan fingerprint density at radius 3 is 2.39 bits per heavy atom. The Hall–Kier alpha value is -2.18. The lowest BCUT2D eigenvalue weighted by molar-refractivity contribution is -0.122. The molecule has 118 valence electrons. The smallest absolute Gasteiger partial charge is 0.261 e. The largest absolute Gasteiger partial charge is 0.376 e. The van der Waals surface area contributed by atoms with E-state index in [0.717, 1.165) is 21.7 Å². The number of nitrogens with zero attached hydrogens (tertiary/aromatic N) is 2. The second kappa shape index (κ2) is 6.14. The van der Waals surface area contributed by atoms with E-state index >= 15 is 0 Å². The quantitative estimate of drug-likeness (QED) is 0.632. The Morgan fingerprint density at radius 2 is 1.87 bits per heavy atom. The third-order valence-corrected chi connectivity index (χ3v) is 5.44. The molecule has 23 heavy (non-hydrogen) atoms. The van der Waals surface area contributed by atoms with Crippen LogP contribution < -0.4 is 0 Å². The van der Waals surface area contributed by atoms with Gasteiger partial charge in [0.05, 0.1) is 32.3 Å². The fraction of sp³-hybridized carbons (Fsp3) is 0.176. The molecule has 1 amide bonds. The minimum Gasteiger partial charge on any atom is -0.376 e. The molecule has 0 spiro atoms. The molecule has 3 rings (SSSR count). The summed E-state index contributed by atoms with van der Waals surface area (Å²) in [5, 5.41) is 3.91. The van der Waals surface area contributed by atoms with Gasteiger partial charge in [-0.1, -0.05) is 12.1 Å². The van der Waals surface area contributed by atoms with Crippen molar-refractivity contribution in [2.75, 3.05) is 21.1 Å². The molecule has 0 bridgehead atoms. The molecule has 0 saturated carbocycles. The summed E-state index contributed by atoms with van der Waals surface area (Å²) in [7, 11) is 5.50. The van der Waals surface area contributed by atoms with Crippen LogP contribution in [0.25, 0.3) is 11.4 Å². The fourth-order valence-electron chi connectivity index (χ4n) is 2.72. The number of aldehydes is 1. The Kier molecular flexibility index (Phi) is 4.19. The molecule has 0 aliphatic carbocycles. The SMILES string of the molecule is CN1C(=O)/C(=C(\c2cccs2)N(C)C)C(C=O)=C1c1cccs1. The molecule has 0 fully saturated rings. The van der Waals surface area contributed by atoms with Crippen molar-refractivity contribution in [3.05, 3.63) is 55.9 Å². The van der Waals surface area contributed by atoms with Gasteiger partial charge in [-0.05, 0) is 22.9 Å². The number of carbonyl (C=O) groups excluding carboxylic acids is 2. The zero-order valence-corrected chi connectivity index (χ0v) is 14.7. The second-order valence-corrected chi connectivity index (χ2v) is 7.21. The highest BCUT2D eigenvalue weighted by Crippen LogP contribution is 2.40. The molecule has 0 N–H and O–H groups in total. The van der Waals surface area contributed by atoms with Gasteiger partial charge in [-0.3, -0.25) is 9.59 Å². The van der Waals surface area contributed by atoms with Crippen LogP contribution in [0.1, 0.15) is 9.75 Å². The van der Waals surface area contributed by atoms with Crippen molar-refractivity contribution in [3.8, 4) is 0 Å². The van der Waals surface area contributed by atoms with E-state index in [1.165, 1.54) is 11.3 Å². The first-order valence-corrected chi connectivity index (χ1v) is 8.79. The van der Waals surface area contributed by atoms with Crippen molar-refractivity contribution in [2.24, 2.45) is 0 Å². The van der Waals surface area contributed by atoms with E-state index in [2.05, 4.69) is 0 Å². The number of thiophene rings is 2. The predicted octanol–water partition coefficient (Wildman–Crippen LogP) is 3.16. The molecule has 1 aliphatic rings. The van der Waals surface area contributed by atoms with Crippen LogP contribution in [0.5, 0.6) is 0 Å². The Balaban J connectivity index is 2.31.